The van der Waals surface area contributed by atoms with Crippen LogP contribution in [0.15, 0.2) is 30.3 Å². The average molecular weight is 194 g/mol. The SMILES string of the molecule is Bc1ccc2c3c(cccc13)C(=O)C2=O. The van der Waals surface area contributed by atoms with Crippen LogP contribution < -0.4 is 5.46 Å². The van der Waals surface area contributed by atoms with Crippen LogP contribution in [0.1, 0.15) is 20.7 Å². The van der Waals surface area contributed by atoms with Crippen LogP contribution in [0.25, 0.3) is 10.8 Å². The molecule has 0 radical (unpaired) electrons. The van der Waals surface area contributed by atoms with E-state index in [9.17, 15) is 9.59 Å². The molecule has 15 heavy (non-hydrogen) atoms. The number of rotatable bonds is 0. The van der Waals surface area contributed by atoms with Gasteiger partial charge >= 0.3 is 0 Å². The van der Waals surface area contributed by atoms with E-state index in [1.165, 1.54) is 0 Å². The first-order valence-electron chi connectivity index (χ1n) is 4.81. The number of benzene rings is 2. The molecule has 3 heteroatoms. The Hall–Kier alpha value is -1.90. The lowest BCUT2D eigenvalue weighted by atomic mass is 9.88. The summed E-state index contributed by atoms with van der Waals surface area (Å²) in [6.07, 6.45) is 0. The van der Waals surface area contributed by atoms with Gasteiger partial charge in [0.05, 0.1) is 0 Å². The molecule has 0 amide bonds. The van der Waals surface area contributed by atoms with E-state index < -0.39 is 0 Å². The molecule has 3 rings (SSSR count). The van der Waals surface area contributed by atoms with Crippen LogP contribution in [-0.2, 0) is 0 Å². The predicted molar refractivity (Wildman–Crippen MR) is 60.8 cm³/mol. The van der Waals surface area contributed by atoms with Crippen molar-refractivity contribution in [3.63, 3.8) is 0 Å². The summed E-state index contributed by atoms with van der Waals surface area (Å²) in [5.74, 6) is -0.748. The second-order valence-corrected chi connectivity index (χ2v) is 3.82. The zero-order valence-corrected chi connectivity index (χ0v) is 8.20. The maximum absolute atomic E-state index is 11.6. The molecule has 0 unspecified atom stereocenters. The van der Waals surface area contributed by atoms with Gasteiger partial charge in [-0.05, 0) is 5.39 Å². The third-order valence-electron chi connectivity index (χ3n) is 2.95. The minimum absolute atomic E-state index is 0.374. The molecule has 2 aromatic carbocycles. The van der Waals surface area contributed by atoms with Crippen molar-refractivity contribution in [3.05, 3.63) is 41.5 Å². The van der Waals surface area contributed by atoms with Gasteiger partial charge in [-0.2, -0.15) is 0 Å². The Morgan fingerprint density at radius 1 is 0.867 bits per heavy atom. The molecule has 0 fully saturated rings. The summed E-state index contributed by atoms with van der Waals surface area (Å²) in [4.78, 5) is 23.3. The summed E-state index contributed by atoms with van der Waals surface area (Å²) in [5.41, 5.74) is 2.20. The molecule has 0 N–H and O–H groups in total. The molecule has 0 atom stereocenters. The van der Waals surface area contributed by atoms with E-state index in [0.717, 1.165) is 16.2 Å². The van der Waals surface area contributed by atoms with Gasteiger partial charge in [-0.15, -0.1) is 0 Å². The first-order valence-corrected chi connectivity index (χ1v) is 4.81. The van der Waals surface area contributed by atoms with Crippen molar-refractivity contribution >= 4 is 35.6 Å². The minimum atomic E-state index is -0.374. The van der Waals surface area contributed by atoms with Crippen molar-refractivity contribution in [2.24, 2.45) is 0 Å². The Balaban J connectivity index is 2.62. The third kappa shape index (κ3) is 0.898. The van der Waals surface area contributed by atoms with Crippen LogP contribution in [0.5, 0.6) is 0 Å². The average Bonchev–Trinajstić information content (AvgIpc) is 2.50. The van der Waals surface area contributed by atoms with Gasteiger partial charge in [0.15, 0.2) is 0 Å². The van der Waals surface area contributed by atoms with Crippen molar-refractivity contribution in [3.8, 4) is 0 Å². The molecule has 1 aliphatic carbocycles. The molecule has 2 nitrogen and oxygen atoms in total. The predicted octanol–water partition coefficient (Wildman–Crippen LogP) is 0.477. The maximum atomic E-state index is 11.6. The van der Waals surface area contributed by atoms with E-state index in [1.807, 2.05) is 26.0 Å². The second-order valence-electron chi connectivity index (χ2n) is 3.82. The lowest BCUT2D eigenvalue weighted by Crippen LogP contribution is -2.06. The van der Waals surface area contributed by atoms with Gasteiger partial charge in [-0.25, -0.2) is 0 Å². The summed E-state index contributed by atoms with van der Waals surface area (Å²) in [6.45, 7) is 0. The lowest BCUT2D eigenvalue weighted by molar-refractivity contribution is 0.0825. The molecule has 2 aromatic rings. The summed E-state index contributed by atoms with van der Waals surface area (Å²) in [7, 11) is 1.98. The zero-order chi connectivity index (χ0) is 10.6. The van der Waals surface area contributed by atoms with Crippen LogP contribution in [0.2, 0.25) is 0 Å². The monoisotopic (exact) mass is 194 g/mol. The Labute approximate surface area is 87.3 Å². The van der Waals surface area contributed by atoms with Gasteiger partial charge in [0.1, 0.15) is 7.85 Å². The van der Waals surface area contributed by atoms with E-state index in [0.29, 0.717) is 11.1 Å². The molecule has 0 spiro atoms. The normalized spacial score (nSPS) is 13.9. The van der Waals surface area contributed by atoms with Gasteiger partial charge in [0, 0.05) is 16.5 Å². The maximum Gasteiger partial charge on any atom is 0.234 e. The van der Waals surface area contributed by atoms with E-state index in [-0.39, 0.29) is 11.6 Å². The van der Waals surface area contributed by atoms with E-state index in [2.05, 4.69) is 0 Å². The molecule has 0 heterocycles. The summed E-state index contributed by atoms with van der Waals surface area (Å²) in [6, 6.07) is 9.12. The standard InChI is InChI=1S/C12H7BO2/c13-9-5-4-8-10-6(9)2-1-3-7(10)11(14)12(8)15/h1-5H,13H2. The molecule has 0 aliphatic heterocycles. The Morgan fingerprint density at radius 2 is 1.53 bits per heavy atom. The first kappa shape index (κ1) is 8.42. The molecule has 1 aliphatic rings. The van der Waals surface area contributed by atoms with Crippen LogP contribution in [0.3, 0.4) is 0 Å². The minimum Gasteiger partial charge on any atom is -0.285 e. The third-order valence-corrected chi connectivity index (χ3v) is 2.95. The number of Topliss-reactive ketones (excluding diaryl/α,β-unsaturated/α-hetero) is 2. The number of hydrogen-bond acceptors (Lipinski definition) is 2. The Kier molecular flexibility index (Phi) is 1.44. The first-order chi connectivity index (χ1) is 7.20. The van der Waals surface area contributed by atoms with Crippen molar-refractivity contribution in [1.29, 1.82) is 0 Å². The van der Waals surface area contributed by atoms with Gasteiger partial charge in [0.2, 0.25) is 11.6 Å². The van der Waals surface area contributed by atoms with E-state index >= 15 is 0 Å². The summed E-state index contributed by atoms with van der Waals surface area (Å²) >= 11 is 0. The fourth-order valence-electron chi connectivity index (χ4n) is 2.18. The molecular formula is C12H7BO2. The molecule has 70 valence electrons. The number of carbonyl (C=O) groups excluding carboxylic acids is 2. The fourth-order valence-corrected chi connectivity index (χ4v) is 2.18. The van der Waals surface area contributed by atoms with Gasteiger partial charge in [0.25, 0.3) is 0 Å². The topological polar surface area (TPSA) is 34.1 Å². The van der Waals surface area contributed by atoms with Crippen molar-refractivity contribution in [2.45, 2.75) is 0 Å². The van der Waals surface area contributed by atoms with Gasteiger partial charge < -0.3 is 0 Å². The smallest absolute Gasteiger partial charge is 0.234 e. The zero-order valence-electron chi connectivity index (χ0n) is 8.20. The number of ketones is 2. The van der Waals surface area contributed by atoms with E-state index in [1.54, 1.807) is 12.1 Å². The summed E-state index contributed by atoms with van der Waals surface area (Å²) in [5, 5.41) is 1.83. The molecular weight excluding hydrogens is 187 g/mol. The molecule has 0 saturated heterocycles. The lowest BCUT2D eigenvalue weighted by Gasteiger charge is -2.02. The second kappa shape index (κ2) is 2.57. The van der Waals surface area contributed by atoms with Crippen LogP contribution in [-0.4, -0.2) is 19.4 Å². The highest BCUT2D eigenvalue weighted by atomic mass is 16.2. The van der Waals surface area contributed by atoms with Crippen LogP contribution in [0.4, 0.5) is 0 Å². The molecule has 0 aromatic heterocycles. The number of hydrogen-bond donors (Lipinski definition) is 0. The molecule has 0 bridgehead atoms. The Bertz CT molecular complexity index is 609. The quantitative estimate of drug-likeness (QED) is 0.451. The largest absolute Gasteiger partial charge is 0.285 e. The van der Waals surface area contributed by atoms with Crippen LogP contribution in [0, 0.1) is 0 Å². The fraction of sp³-hybridized carbons (Fsp3) is 0. The van der Waals surface area contributed by atoms with E-state index in [4.69, 9.17) is 0 Å². The Morgan fingerprint density at radius 3 is 2.27 bits per heavy atom. The van der Waals surface area contributed by atoms with Crippen LogP contribution >= 0.6 is 0 Å². The van der Waals surface area contributed by atoms with Crippen molar-refractivity contribution < 1.29 is 9.59 Å². The highest BCUT2D eigenvalue weighted by Crippen LogP contribution is 2.29. The van der Waals surface area contributed by atoms with Gasteiger partial charge in [-0.1, -0.05) is 35.8 Å². The number of carbonyl (C=O) groups is 2. The molecule has 0 saturated carbocycles. The van der Waals surface area contributed by atoms with Gasteiger partial charge in [-0.3, -0.25) is 9.59 Å². The van der Waals surface area contributed by atoms with Crippen molar-refractivity contribution in [2.75, 3.05) is 0 Å². The summed E-state index contributed by atoms with van der Waals surface area (Å²) < 4.78 is 0. The van der Waals surface area contributed by atoms with Crippen molar-refractivity contribution in [1.82, 2.24) is 0 Å². The highest BCUT2D eigenvalue weighted by Gasteiger charge is 2.30. The highest BCUT2D eigenvalue weighted by molar-refractivity contribution is 6.58.